The Hall–Kier alpha value is -2.87. The molecule has 4 rings (SSSR count). The van der Waals surface area contributed by atoms with Crippen LogP contribution in [-0.2, 0) is 6.42 Å². The first kappa shape index (κ1) is 13.8. The number of benzene rings is 3. The SMILES string of the molecule is Cc1cc2c(c(-c3ccccc3C(=N)N)c1)Cc1ccccc1-2. The molecule has 0 amide bonds. The minimum absolute atomic E-state index is 0.117. The highest BCUT2D eigenvalue weighted by Gasteiger charge is 2.23. The number of rotatable bonds is 2. The monoisotopic (exact) mass is 298 g/mol. The van der Waals surface area contributed by atoms with Gasteiger partial charge in [0.15, 0.2) is 0 Å². The van der Waals surface area contributed by atoms with Crippen LogP contribution in [0.15, 0.2) is 60.7 Å². The predicted molar refractivity (Wildman–Crippen MR) is 95.9 cm³/mol. The summed E-state index contributed by atoms with van der Waals surface area (Å²) in [7, 11) is 0. The lowest BCUT2D eigenvalue weighted by atomic mass is 9.90. The van der Waals surface area contributed by atoms with E-state index in [0.29, 0.717) is 0 Å². The summed E-state index contributed by atoms with van der Waals surface area (Å²) in [5, 5.41) is 7.88. The number of fused-ring (bicyclic) bond motifs is 3. The minimum atomic E-state index is 0.117. The van der Waals surface area contributed by atoms with Gasteiger partial charge in [0, 0.05) is 5.56 Å². The van der Waals surface area contributed by atoms with Gasteiger partial charge in [-0.1, -0.05) is 60.7 Å². The van der Waals surface area contributed by atoms with Gasteiger partial charge in [-0.25, -0.2) is 0 Å². The number of nitrogens with one attached hydrogen (secondary N) is 1. The first-order chi connectivity index (χ1) is 11.1. The van der Waals surface area contributed by atoms with Crippen molar-refractivity contribution in [2.75, 3.05) is 0 Å². The van der Waals surface area contributed by atoms with Crippen molar-refractivity contribution in [2.45, 2.75) is 13.3 Å². The van der Waals surface area contributed by atoms with E-state index in [1.807, 2.05) is 18.2 Å². The van der Waals surface area contributed by atoms with Crippen LogP contribution in [0.4, 0.5) is 0 Å². The highest BCUT2D eigenvalue weighted by Crippen LogP contribution is 2.42. The molecule has 0 fully saturated rings. The molecule has 2 nitrogen and oxygen atoms in total. The molecule has 0 spiro atoms. The third kappa shape index (κ3) is 2.15. The van der Waals surface area contributed by atoms with E-state index in [0.717, 1.165) is 17.5 Å². The minimum Gasteiger partial charge on any atom is -0.384 e. The summed E-state index contributed by atoms with van der Waals surface area (Å²) in [6, 6.07) is 21.0. The zero-order valence-corrected chi connectivity index (χ0v) is 13.1. The molecule has 3 N–H and O–H groups in total. The molecule has 0 aromatic heterocycles. The quantitative estimate of drug-likeness (QED) is 0.415. The van der Waals surface area contributed by atoms with Gasteiger partial charge in [-0.15, -0.1) is 0 Å². The van der Waals surface area contributed by atoms with E-state index in [-0.39, 0.29) is 5.84 Å². The van der Waals surface area contributed by atoms with E-state index in [1.165, 1.54) is 33.4 Å². The maximum atomic E-state index is 7.88. The van der Waals surface area contributed by atoms with Gasteiger partial charge in [-0.05, 0) is 52.3 Å². The van der Waals surface area contributed by atoms with Crippen molar-refractivity contribution in [1.29, 1.82) is 5.41 Å². The molecule has 1 aliphatic carbocycles. The Kier molecular flexibility index (Phi) is 3.05. The molecule has 0 aliphatic heterocycles. The molecule has 0 unspecified atom stereocenters. The van der Waals surface area contributed by atoms with E-state index < -0.39 is 0 Å². The first-order valence-electron chi connectivity index (χ1n) is 7.81. The number of hydrogen-bond donors (Lipinski definition) is 2. The van der Waals surface area contributed by atoms with Gasteiger partial charge in [0.25, 0.3) is 0 Å². The van der Waals surface area contributed by atoms with Gasteiger partial charge in [0.05, 0.1) is 0 Å². The molecular weight excluding hydrogens is 280 g/mol. The molecular formula is C21H18N2. The van der Waals surface area contributed by atoms with E-state index in [4.69, 9.17) is 11.1 Å². The topological polar surface area (TPSA) is 49.9 Å². The third-order valence-corrected chi connectivity index (χ3v) is 4.58. The van der Waals surface area contributed by atoms with Crippen molar-refractivity contribution < 1.29 is 0 Å². The Morgan fingerprint density at radius 2 is 1.48 bits per heavy atom. The fraction of sp³-hybridized carbons (Fsp3) is 0.0952. The zero-order chi connectivity index (χ0) is 16.0. The van der Waals surface area contributed by atoms with Crippen molar-refractivity contribution in [3.8, 4) is 22.3 Å². The van der Waals surface area contributed by atoms with Crippen LogP contribution < -0.4 is 5.73 Å². The Labute approximate surface area is 136 Å². The molecule has 0 atom stereocenters. The zero-order valence-electron chi connectivity index (χ0n) is 13.1. The van der Waals surface area contributed by atoms with Gasteiger partial charge in [-0.3, -0.25) is 5.41 Å². The highest BCUT2D eigenvalue weighted by molar-refractivity contribution is 6.02. The summed E-state index contributed by atoms with van der Waals surface area (Å²) in [5.74, 6) is 0.117. The summed E-state index contributed by atoms with van der Waals surface area (Å²) < 4.78 is 0. The Morgan fingerprint density at radius 3 is 2.22 bits per heavy atom. The molecule has 0 radical (unpaired) electrons. The number of hydrogen-bond acceptors (Lipinski definition) is 1. The lowest BCUT2D eigenvalue weighted by Gasteiger charge is -2.14. The molecule has 23 heavy (non-hydrogen) atoms. The molecule has 3 aromatic carbocycles. The molecule has 0 saturated heterocycles. The molecule has 1 aliphatic rings. The summed E-state index contributed by atoms with van der Waals surface area (Å²) >= 11 is 0. The fourth-order valence-corrected chi connectivity index (χ4v) is 3.57. The Bertz CT molecular complexity index is 938. The van der Waals surface area contributed by atoms with Gasteiger partial charge in [0.1, 0.15) is 5.84 Å². The maximum absolute atomic E-state index is 7.88. The molecule has 0 heterocycles. The van der Waals surface area contributed by atoms with Crippen LogP contribution >= 0.6 is 0 Å². The van der Waals surface area contributed by atoms with Gasteiger partial charge in [0.2, 0.25) is 0 Å². The van der Waals surface area contributed by atoms with Crippen LogP contribution in [0.3, 0.4) is 0 Å². The number of nitrogen functional groups attached to an aromatic ring is 1. The van der Waals surface area contributed by atoms with Crippen LogP contribution in [0.2, 0.25) is 0 Å². The Balaban J connectivity index is 2.00. The van der Waals surface area contributed by atoms with Crippen LogP contribution in [0.5, 0.6) is 0 Å². The molecule has 0 saturated carbocycles. The predicted octanol–water partition coefficient (Wildman–Crippen LogP) is 4.52. The second kappa shape index (κ2) is 5.10. The summed E-state index contributed by atoms with van der Waals surface area (Å²) in [4.78, 5) is 0. The normalized spacial score (nSPS) is 11.9. The second-order valence-electron chi connectivity index (χ2n) is 6.13. The molecule has 2 heteroatoms. The van der Waals surface area contributed by atoms with Gasteiger partial charge >= 0.3 is 0 Å². The van der Waals surface area contributed by atoms with Crippen molar-refractivity contribution in [3.63, 3.8) is 0 Å². The summed E-state index contributed by atoms with van der Waals surface area (Å²) in [6.07, 6.45) is 0.938. The van der Waals surface area contributed by atoms with Crippen molar-refractivity contribution in [2.24, 2.45) is 5.73 Å². The molecule has 112 valence electrons. The molecule has 3 aromatic rings. The Morgan fingerprint density at radius 1 is 0.870 bits per heavy atom. The van der Waals surface area contributed by atoms with E-state index >= 15 is 0 Å². The number of amidine groups is 1. The average Bonchev–Trinajstić information content (AvgIpc) is 2.93. The molecule has 0 bridgehead atoms. The van der Waals surface area contributed by atoms with Gasteiger partial charge < -0.3 is 5.73 Å². The average molecular weight is 298 g/mol. The second-order valence-corrected chi connectivity index (χ2v) is 6.13. The van der Waals surface area contributed by atoms with Crippen LogP contribution in [0.1, 0.15) is 22.3 Å². The summed E-state index contributed by atoms with van der Waals surface area (Å²) in [5.41, 5.74) is 15.4. The maximum Gasteiger partial charge on any atom is 0.123 e. The first-order valence-corrected chi connectivity index (χ1v) is 7.81. The van der Waals surface area contributed by atoms with E-state index in [1.54, 1.807) is 0 Å². The lowest BCUT2D eigenvalue weighted by Crippen LogP contribution is -2.12. The lowest BCUT2D eigenvalue weighted by molar-refractivity contribution is 1.25. The van der Waals surface area contributed by atoms with Crippen molar-refractivity contribution in [3.05, 3.63) is 82.9 Å². The summed E-state index contributed by atoms with van der Waals surface area (Å²) in [6.45, 7) is 2.13. The van der Waals surface area contributed by atoms with E-state index in [2.05, 4.69) is 49.4 Å². The largest absolute Gasteiger partial charge is 0.384 e. The fourth-order valence-electron chi connectivity index (χ4n) is 3.57. The number of nitrogens with two attached hydrogens (primary N) is 1. The van der Waals surface area contributed by atoms with Crippen LogP contribution in [0.25, 0.3) is 22.3 Å². The van der Waals surface area contributed by atoms with Crippen LogP contribution in [0, 0.1) is 12.3 Å². The smallest absolute Gasteiger partial charge is 0.123 e. The standard InChI is InChI=1S/C21H18N2/c1-13-10-18-15-7-3-2-6-14(15)12-20(18)19(11-13)16-8-4-5-9-17(16)21(22)23/h2-11H,12H2,1H3,(H3,22,23). The van der Waals surface area contributed by atoms with Crippen molar-refractivity contribution >= 4 is 5.84 Å². The van der Waals surface area contributed by atoms with Crippen molar-refractivity contribution in [1.82, 2.24) is 0 Å². The third-order valence-electron chi connectivity index (χ3n) is 4.58. The van der Waals surface area contributed by atoms with Crippen LogP contribution in [-0.4, -0.2) is 5.84 Å². The van der Waals surface area contributed by atoms with E-state index in [9.17, 15) is 0 Å². The number of aryl methyl sites for hydroxylation is 1. The highest BCUT2D eigenvalue weighted by atomic mass is 14.7. The van der Waals surface area contributed by atoms with Gasteiger partial charge in [-0.2, -0.15) is 0 Å².